The third-order valence-corrected chi connectivity index (χ3v) is 2.09. The van der Waals surface area contributed by atoms with Crippen molar-refractivity contribution in [2.24, 2.45) is 0 Å². The molecule has 0 radical (unpaired) electrons. The Morgan fingerprint density at radius 2 is 2.13 bits per heavy atom. The van der Waals surface area contributed by atoms with E-state index in [1.165, 1.54) is 6.07 Å². The molecule has 84 valence electrons. The average Bonchev–Trinajstić information content (AvgIpc) is 2.17. The smallest absolute Gasteiger partial charge is 0.358 e. The second kappa shape index (κ2) is 5.85. The molecule has 1 aromatic rings. The Morgan fingerprint density at radius 3 is 2.80 bits per heavy atom. The van der Waals surface area contributed by atoms with Crippen LogP contribution in [0.4, 0.5) is 5.82 Å². The van der Waals surface area contributed by atoms with Gasteiger partial charge in [-0.1, -0.05) is 0 Å². The summed E-state index contributed by atoms with van der Waals surface area (Å²) >= 11 is 0. The highest BCUT2D eigenvalue weighted by atomic mass is 35.5. The molecule has 2 heterocycles. The molecule has 0 aromatic carbocycles. The molecule has 0 aliphatic carbocycles. The van der Waals surface area contributed by atoms with E-state index in [1.54, 1.807) is 6.07 Å². The molecule has 0 spiro atoms. The fraction of sp³-hybridized carbons (Fsp3) is 0.375. The predicted molar refractivity (Wildman–Crippen MR) is 60.8 cm³/mol. The number of aromatic nitrogens is 1. The Morgan fingerprint density at radius 1 is 1.40 bits per heavy atom. The van der Waals surface area contributed by atoms with E-state index >= 15 is 0 Å². The van der Waals surface area contributed by atoms with Gasteiger partial charge in [-0.2, -0.15) is 0 Å². The monoisotopic (exact) mass is 251 g/mol. The van der Waals surface area contributed by atoms with Gasteiger partial charge >= 0.3 is 5.82 Å². The molecule has 15 heavy (non-hydrogen) atoms. The van der Waals surface area contributed by atoms with E-state index in [4.69, 9.17) is 0 Å². The molecule has 0 saturated heterocycles. The molecule has 1 aliphatic heterocycles. The van der Waals surface area contributed by atoms with Crippen molar-refractivity contribution in [2.75, 3.05) is 6.54 Å². The van der Waals surface area contributed by atoms with E-state index in [9.17, 15) is 10.1 Å². The van der Waals surface area contributed by atoms with Crippen molar-refractivity contribution in [3.63, 3.8) is 0 Å². The molecule has 5 nitrogen and oxygen atoms in total. The number of nitrogens with zero attached hydrogens (tertiary/aromatic N) is 2. The minimum absolute atomic E-state index is 0. The molecule has 7 heteroatoms. The zero-order valence-electron chi connectivity index (χ0n) is 7.80. The van der Waals surface area contributed by atoms with Crippen LogP contribution in [0, 0.1) is 10.1 Å². The minimum atomic E-state index is -0.456. The molecular weight excluding hydrogens is 241 g/mol. The Labute approximate surface area is 99.2 Å². The summed E-state index contributed by atoms with van der Waals surface area (Å²) in [5.74, 6) is -0.0550. The van der Waals surface area contributed by atoms with Gasteiger partial charge in [-0.3, -0.25) is 0 Å². The first kappa shape index (κ1) is 14.1. The number of fused-ring (bicyclic) bond motifs is 1. The first-order chi connectivity index (χ1) is 6.27. The molecule has 1 aromatic heterocycles. The lowest BCUT2D eigenvalue weighted by Gasteiger charge is -2.11. The van der Waals surface area contributed by atoms with E-state index in [0.29, 0.717) is 0 Å². The average molecular weight is 252 g/mol. The van der Waals surface area contributed by atoms with E-state index in [0.717, 1.165) is 30.8 Å². The fourth-order valence-corrected chi connectivity index (χ4v) is 1.43. The molecule has 0 atom stereocenters. The van der Waals surface area contributed by atoms with E-state index in [-0.39, 0.29) is 30.6 Å². The molecule has 2 rings (SSSR count). The topological polar surface area (TPSA) is 68.1 Å². The summed E-state index contributed by atoms with van der Waals surface area (Å²) in [6.07, 6.45) is 0.775. The van der Waals surface area contributed by atoms with Crippen molar-refractivity contribution in [3.8, 4) is 0 Å². The van der Waals surface area contributed by atoms with Gasteiger partial charge in [0.1, 0.15) is 0 Å². The van der Waals surface area contributed by atoms with Gasteiger partial charge < -0.3 is 15.4 Å². The van der Waals surface area contributed by atoms with Gasteiger partial charge in [0.05, 0.1) is 0 Å². The van der Waals surface area contributed by atoms with Crippen molar-refractivity contribution < 1.29 is 4.92 Å². The summed E-state index contributed by atoms with van der Waals surface area (Å²) < 4.78 is 0. The van der Waals surface area contributed by atoms with E-state index in [2.05, 4.69) is 10.3 Å². The quantitative estimate of drug-likeness (QED) is 0.607. The number of pyridine rings is 1. The summed E-state index contributed by atoms with van der Waals surface area (Å²) in [5, 5.41) is 13.6. The number of rotatable bonds is 1. The summed E-state index contributed by atoms with van der Waals surface area (Å²) in [5.41, 5.74) is 1.92. The lowest BCUT2D eigenvalue weighted by molar-refractivity contribution is -0.389. The van der Waals surface area contributed by atoms with Crippen LogP contribution in [-0.4, -0.2) is 16.5 Å². The van der Waals surface area contributed by atoms with Crippen LogP contribution in [0.2, 0.25) is 0 Å². The third kappa shape index (κ3) is 3.02. The maximum atomic E-state index is 10.4. The van der Waals surface area contributed by atoms with Crippen LogP contribution in [0.3, 0.4) is 0 Å². The first-order valence-electron chi connectivity index (χ1n) is 4.11. The molecule has 0 fully saturated rings. The predicted octanol–water partition coefficient (Wildman–Crippen LogP) is 1.48. The van der Waals surface area contributed by atoms with Crippen molar-refractivity contribution in [1.29, 1.82) is 0 Å². The standard InChI is InChI=1S/C8H9N3O2.2ClH/c12-11(13)8-2-1-6-5-9-4-3-7(6)10-8;;/h1-2,9H,3-5H2;2*1H. The molecular formula is C8H11Cl2N3O2. The number of nitro groups is 1. The number of halogens is 2. The van der Waals surface area contributed by atoms with Crippen LogP contribution >= 0.6 is 24.8 Å². The summed E-state index contributed by atoms with van der Waals surface area (Å²) in [4.78, 5) is 13.9. The second-order valence-corrected chi connectivity index (χ2v) is 2.96. The fourth-order valence-electron chi connectivity index (χ4n) is 1.43. The highest BCUT2D eigenvalue weighted by molar-refractivity contribution is 5.85. The van der Waals surface area contributed by atoms with Gasteiger partial charge in [0.25, 0.3) is 0 Å². The molecule has 0 amide bonds. The van der Waals surface area contributed by atoms with Gasteiger partial charge in [-0.25, -0.2) is 0 Å². The summed E-state index contributed by atoms with van der Waals surface area (Å²) in [7, 11) is 0. The molecule has 1 N–H and O–H groups in total. The largest absolute Gasteiger partial charge is 0.363 e. The van der Waals surface area contributed by atoms with Crippen LogP contribution in [-0.2, 0) is 13.0 Å². The Hall–Kier alpha value is -0.910. The van der Waals surface area contributed by atoms with Gasteiger partial charge in [-0.15, -0.1) is 24.8 Å². The van der Waals surface area contributed by atoms with Gasteiger partial charge in [-0.05, 0) is 16.0 Å². The van der Waals surface area contributed by atoms with Gasteiger partial charge in [0.2, 0.25) is 0 Å². The van der Waals surface area contributed by atoms with Crippen molar-refractivity contribution in [1.82, 2.24) is 10.3 Å². The highest BCUT2D eigenvalue weighted by Crippen LogP contribution is 2.15. The van der Waals surface area contributed by atoms with Crippen molar-refractivity contribution >= 4 is 30.6 Å². The molecule has 1 aliphatic rings. The molecule has 0 bridgehead atoms. The van der Waals surface area contributed by atoms with Crippen LogP contribution in [0.1, 0.15) is 11.3 Å². The lowest BCUT2D eigenvalue weighted by Crippen LogP contribution is -2.24. The minimum Gasteiger partial charge on any atom is -0.358 e. The SMILES string of the molecule is Cl.Cl.O=[N+]([O-])c1ccc2c(n1)CCNC2. The Balaban J connectivity index is 0.000000980. The normalized spacial score (nSPS) is 13.1. The Bertz CT molecular complexity index is 360. The number of nitrogens with one attached hydrogen (secondary N) is 1. The maximum Gasteiger partial charge on any atom is 0.363 e. The number of hydrogen-bond acceptors (Lipinski definition) is 4. The summed E-state index contributed by atoms with van der Waals surface area (Å²) in [6.45, 7) is 1.61. The van der Waals surface area contributed by atoms with Crippen molar-refractivity contribution in [3.05, 3.63) is 33.5 Å². The number of hydrogen-bond donors (Lipinski definition) is 1. The summed E-state index contributed by atoms with van der Waals surface area (Å²) in [6, 6.07) is 3.22. The van der Waals surface area contributed by atoms with Gasteiger partial charge in [0.15, 0.2) is 5.69 Å². The van der Waals surface area contributed by atoms with E-state index < -0.39 is 4.92 Å². The lowest BCUT2D eigenvalue weighted by atomic mass is 10.1. The third-order valence-electron chi connectivity index (χ3n) is 2.09. The first-order valence-corrected chi connectivity index (χ1v) is 4.11. The second-order valence-electron chi connectivity index (χ2n) is 2.96. The van der Waals surface area contributed by atoms with Gasteiger partial charge in [0, 0.05) is 31.1 Å². The van der Waals surface area contributed by atoms with Crippen molar-refractivity contribution in [2.45, 2.75) is 13.0 Å². The molecule has 0 unspecified atom stereocenters. The van der Waals surface area contributed by atoms with Crippen LogP contribution in [0.5, 0.6) is 0 Å². The van der Waals surface area contributed by atoms with Crippen LogP contribution < -0.4 is 5.32 Å². The maximum absolute atomic E-state index is 10.4. The highest BCUT2D eigenvalue weighted by Gasteiger charge is 2.17. The molecule has 0 saturated carbocycles. The van der Waals surface area contributed by atoms with Crippen LogP contribution in [0.15, 0.2) is 12.1 Å². The Kier molecular flexibility index (Phi) is 5.49. The zero-order valence-corrected chi connectivity index (χ0v) is 9.44. The zero-order chi connectivity index (χ0) is 9.26. The van der Waals surface area contributed by atoms with Crippen LogP contribution in [0.25, 0.3) is 0 Å². The van der Waals surface area contributed by atoms with E-state index in [1.807, 2.05) is 0 Å².